The number of nitrogens with two attached hydrogens (primary N) is 1. The van der Waals surface area contributed by atoms with Crippen molar-refractivity contribution in [1.29, 1.82) is 0 Å². The first-order chi connectivity index (χ1) is 10.2. The Hall–Kier alpha value is -1.32. The minimum Gasteiger partial charge on any atom is -0.494 e. The van der Waals surface area contributed by atoms with Crippen molar-refractivity contribution in [3.63, 3.8) is 0 Å². The molecular weight excluding hydrogens is 326 g/mol. The first-order valence-electron chi connectivity index (χ1n) is 7.34. The number of ether oxygens (including phenoxy) is 1. The van der Waals surface area contributed by atoms with Crippen molar-refractivity contribution in [3.8, 4) is 5.75 Å². The molecule has 0 amide bonds. The molecule has 2 nitrogen and oxygen atoms in total. The summed E-state index contributed by atoms with van der Waals surface area (Å²) in [6.45, 7) is 3.49. The van der Waals surface area contributed by atoms with Gasteiger partial charge in [0.1, 0.15) is 5.75 Å². The van der Waals surface area contributed by atoms with Crippen LogP contribution in [0.4, 0.5) is 0 Å². The summed E-state index contributed by atoms with van der Waals surface area (Å²) in [4.78, 5) is 0. The Morgan fingerprint density at radius 1 is 1.10 bits per heavy atom. The summed E-state index contributed by atoms with van der Waals surface area (Å²) in [5, 5.41) is 0. The molecule has 2 aromatic carbocycles. The normalized spacial score (nSPS) is 13.7. The molecule has 1 atom stereocenters. The van der Waals surface area contributed by atoms with E-state index in [9.17, 15) is 0 Å². The molecule has 0 bridgehead atoms. The molecule has 0 aliphatic carbocycles. The minimum absolute atomic E-state index is 0.00667. The fraction of sp³-hybridized carbons (Fsp3) is 0.333. The smallest absolute Gasteiger partial charge is 0.120 e. The van der Waals surface area contributed by atoms with Gasteiger partial charge in [-0.25, -0.2) is 0 Å². The number of halogens is 1. The average molecular weight is 348 g/mol. The van der Waals surface area contributed by atoms with Crippen LogP contribution in [-0.4, -0.2) is 13.2 Å². The molecule has 0 saturated carbocycles. The molecule has 112 valence electrons. The fourth-order valence-electron chi connectivity index (χ4n) is 2.60. The monoisotopic (exact) mass is 347 g/mol. The van der Waals surface area contributed by atoms with Crippen molar-refractivity contribution in [2.45, 2.75) is 25.2 Å². The van der Waals surface area contributed by atoms with Crippen LogP contribution >= 0.6 is 15.9 Å². The van der Waals surface area contributed by atoms with Crippen LogP contribution in [0.2, 0.25) is 0 Å². The van der Waals surface area contributed by atoms with Crippen LogP contribution in [0.15, 0.2) is 59.1 Å². The van der Waals surface area contributed by atoms with Gasteiger partial charge in [0.15, 0.2) is 0 Å². The van der Waals surface area contributed by atoms with Crippen molar-refractivity contribution in [2.75, 3.05) is 13.2 Å². The van der Waals surface area contributed by atoms with E-state index in [0.29, 0.717) is 13.2 Å². The van der Waals surface area contributed by atoms with E-state index in [4.69, 9.17) is 10.5 Å². The van der Waals surface area contributed by atoms with Gasteiger partial charge in [0, 0.05) is 16.4 Å². The summed E-state index contributed by atoms with van der Waals surface area (Å²) in [5.41, 5.74) is 7.38. The predicted molar refractivity (Wildman–Crippen MR) is 91.7 cm³/mol. The molecule has 2 N–H and O–H groups in total. The zero-order valence-electron chi connectivity index (χ0n) is 12.4. The number of hydrogen-bond donors (Lipinski definition) is 1. The second-order valence-electron chi connectivity index (χ2n) is 5.26. The minimum atomic E-state index is -0.00667. The number of benzene rings is 2. The van der Waals surface area contributed by atoms with E-state index in [1.165, 1.54) is 5.56 Å². The van der Waals surface area contributed by atoms with Gasteiger partial charge in [0.05, 0.1) is 6.61 Å². The quantitative estimate of drug-likeness (QED) is 0.798. The standard InChI is InChI=1S/C18H22BrNO/c1-2-18(14-20,15-7-4-3-5-8-15)11-12-21-17-10-6-9-16(19)13-17/h3-10,13H,2,11-12,14,20H2,1H3. The lowest BCUT2D eigenvalue weighted by molar-refractivity contribution is 0.253. The summed E-state index contributed by atoms with van der Waals surface area (Å²) in [6.07, 6.45) is 1.92. The molecule has 0 spiro atoms. The van der Waals surface area contributed by atoms with E-state index in [2.05, 4.69) is 47.1 Å². The molecule has 0 saturated heterocycles. The van der Waals surface area contributed by atoms with E-state index in [-0.39, 0.29) is 5.41 Å². The van der Waals surface area contributed by atoms with Crippen molar-refractivity contribution >= 4 is 15.9 Å². The Bertz CT molecular complexity index is 552. The molecule has 2 aromatic rings. The van der Waals surface area contributed by atoms with Crippen molar-refractivity contribution in [2.24, 2.45) is 5.73 Å². The molecule has 21 heavy (non-hydrogen) atoms. The van der Waals surface area contributed by atoms with Crippen molar-refractivity contribution in [3.05, 3.63) is 64.6 Å². The average Bonchev–Trinajstić information content (AvgIpc) is 2.53. The molecule has 2 rings (SSSR count). The molecule has 0 fully saturated rings. The molecule has 0 aliphatic rings. The second-order valence-corrected chi connectivity index (χ2v) is 6.18. The van der Waals surface area contributed by atoms with Crippen molar-refractivity contribution < 1.29 is 4.74 Å². The van der Waals surface area contributed by atoms with Gasteiger partial charge in [0.2, 0.25) is 0 Å². The van der Waals surface area contributed by atoms with Gasteiger partial charge >= 0.3 is 0 Å². The van der Waals surface area contributed by atoms with Crippen LogP contribution in [-0.2, 0) is 5.41 Å². The lowest BCUT2D eigenvalue weighted by Crippen LogP contribution is -2.36. The summed E-state index contributed by atoms with van der Waals surface area (Å²) in [7, 11) is 0. The highest BCUT2D eigenvalue weighted by molar-refractivity contribution is 9.10. The molecular formula is C18H22BrNO. The van der Waals surface area contributed by atoms with E-state index in [1.54, 1.807) is 0 Å². The van der Waals surface area contributed by atoms with Crippen LogP contribution in [0, 0.1) is 0 Å². The van der Waals surface area contributed by atoms with E-state index in [0.717, 1.165) is 23.1 Å². The Morgan fingerprint density at radius 2 is 1.86 bits per heavy atom. The molecule has 0 aromatic heterocycles. The Labute approximate surface area is 135 Å². The van der Waals surface area contributed by atoms with Crippen LogP contribution in [0.1, 0.15) is 25.3 Å². The Morgan fingerprint density at radius 3 is 2.48 bits per heavy atom. The first kappa shape index (κ1) is 16.1. The van der Waals surface area contributed by atoms with Crippen LogP contribution < -0.4 is 10.5 Å². The molecule has 0 radical (unpaired) electrons. The third kappa shape index (κ3) is 4.08. The zero-order valence-corrected chi connectivity index (χ0v) is 14.0. The Kier molecular flexibility index (Phi) is 5.83. The Balaban J connectivity index is 2.04. The highest BCUT2D eigenvalue weighted by Crippen LogP contribution is 2.31. The van der Waals surface area contributed by atoms with Gasteiger partial charge in [0.25, 0.3) is 0 Å². The van der Waals surface area contributed by atoms with Gasteiger partial charge in [-0.1, -0.05) is 59.3 Å². The van der Waals surface area contributed by atoms with E-state index >= 15 is 0 Å². The van der Waals surface area contributed by atoms with E-state index < -0.39 is 0 Å². The molecule has 0 heterocycles. The fourth-order valence-corrected chi connectivity index (χ4v) is 2.98. The highest BCUT2D eigenvalue weighted by Gasteiger charge is 2.28. The molecule has 0 aliphatic heterocycles. The summed E-state index contributed by atoms with van der Waals surface area (Å²) >= 11 is 3.46. The van der Waals surface area contributed by atoms with Gasteiger partial charge in [-0.05, 0) is 36.6 Å². The predicted octanol–water partition coefficient (Wildman–Crippen LogP) is 4.52. The summed E-state index contributed by atoms with van der Waals surface area (Å²) in [6, 6.07) is 18.4. The maximum atomic E-state index is 6.09. The van der Waals surface area contributed by atoms with E-state index in [1.807, 2.05) is 30.3 Å². The largest absolute Gasteiger partial charge is 0.494 e. The molecule has 1 unspecified atom stereocenters. The summed E-state index contributed by atoms with van der Waals surface area (Å²) < 4.78 is 6.91. The van der Waals surface area contributed by atoms with Gasteiger partial charge < -0.3 is 10.5 Å². The number of hydrogen-bond acceptors (Lipinski definition) is 2. The summed E-state index contributed by atoms with van der Waals surface area (Å²) in [5.74, 6) is 0.888. The topological polar surface area (TPSA) is 35.2 Å². The van der Waals surface area contributed by atoms with Crippen LogP contribution in [0.5, 0.6) is 5.75 Å². The number of rotatable bonds is 7. The first-order valence-corrected chi connectivity index (χ1v) is 8.13. The van der Waals surface area contributed by atoms with Gasteiger partial charge in [-0.15, -0.1) is 0 Å². The van der Waals surface area contributed by atoms with Crippen LogP contribution in [0.25, 0.3) is 0 Å². The maximum Gasteiger partial charge on any atom is 0.120 e. The lowest BCUT2D eigenvalue weighted by atomic mass is 9.75. The SMILES string of the molecule is CCC(CN)(CCOc1cccc(Br)c1)c1ccccc1. The van der Waals surface area contributed by atoms with Crippen molar-refractivity contribution in [1.82, 2.24) is 0 Å². The second kappa shape index (κ2) is 7.62. The van der Waals surface area contributed by atoms with Crippen LogP contribution in [0.3, 0.4) is 0 Å². The lowest BCUT2D eigenvalue weighted by Gasteiger charge is -2.32. The molecule has 3 heteroatoms. The highest BCUT2D eigenvalue weighted by atomic mass is 79.9. The third-order valence-electron chi connectivity index (χ3n) is 4.10. The third-order valence-corrected chi connectivity index (χ3v) is 4.59. The van der Waals surface area contributed by atoms with Gasteiger partial charge in [-0.3, -0.25) is 0 Å². The zero-order chi connectivity index (χ0) is 15.1. The van der Waals surface area contributed by atoms with Gasteiger partial charge in [-0.2, -0.15) is 0 Å². The maximum absolute atomic E-state index is 6.09.